The predicted molar refractivity (Wildman–Crippen MR) is 40.6 cm³/mol. The first-order chi connectivity index (χ1) is 5.29. The monoisotopic (exact) mass is 270 g/mol. The summed E-state index contributed by atoms with van der Waals surface area (Å²) in [5, 5.41) is 34.6. The Morgan fingerprint density at radius 2 is 1.00 bits per heavy atom. The number of carbonyl (C=O) groups is 2. The van der Waals surface area contributed by atoms with Gasteiger partial charge in [-0.15, -0.1) is 0 Å². The van der Waals surface area contributed by atoms with E-state index in [2.05, 4.69) is 0 Å². The van der Waals surface area contributed by atoms with Crippen LogP contribution in [0.4, 0.5) is 0 Å². The average Bonchev–Trinajstić information content (AvgIpc) is 1.88. The molecule has 0 saturated carbocycles. The number of carbonyl (C=O) groups excluding carboxylic acids is 2. The minimum Gasteiger partial charge on any atom is -0.547 e. The van der Waals surface area contributed by atoms with Gasteiger partial charge in [0.05, 0.1) is 24.1 Å². The van der Waals surface area contributed by atoms with Gasteiger partial charge in [-0.3, -0.25) is 0 Å². The van der Waals surface area contributed by atoms with Gasteiger partial charge in [0.2, 0.25) is 0 Å². The Morgan fingerprint density at radius 3 is 1.00 bits per heavy atom. The van der Waals surface area contributed by atoms with Crippen molar-refractivity contribution >= 4 is 11.9 Å². The third kappa shape index (κ3) is 31.9. The quantitative estimate of drug-likeness (QED) is 0.471. The molecule has 0 heterocycles. The summed E-state index contributed by atoms with van der Waals surface area (Å²) in [5.74, 6) is -2.87. The Bertz CT molecular complexity index is 139. The van der Waals surface area contributed by atoms with E-state index in [9.17, 15) is 19.8 Å². The molecule has 0 aliphatic carbocycles. The van der Waals surface area contributed by atoms with E-state index in [1.807, 2.05) is 0 Å². The molecule has 0 radical (unpaired) electrons. The molecule has 6 N–H and O–H groups in total. The zero-order chi connectivity index (χ0) is 10.3. The summed E-state index contributed by atoms with van der Waals surface area (Å²) in [5.41, 5.74) is 0. The summed E-state index contributed by atoms with van der Waals surface area (Å²) >= 11 is 0. The first-order valence-electron chi connectivity index (χ1n) is 3.06. The standard InChI is InChI=1S/2C3H6O3.Fe.2H2O/c2*1-2(4)3(5)6;;;/h2*2,4H,1H3,(H,5,6);;2*1H2/q;;+2;;/p-2. The van der Waals surface area contributed by atoms with Crippen molar-refractivity contribution in [2.45, 2.75) is 26.1 Å². The minimum atomic E-state index is -1.44. The summed E-state index contributed by atoms with van der Waals surface area (Å²) in [6.07, 6.45) is -2.69. The molecule has 0 saturated heterocycles. The molecule has 0 aromatic rings. The minimum absolute atomic E-state index is 0. The molecular weight excluding hydrogens is 256 g/mol. The van der Waals surface area contributed by atoms with Gasteiger partial charge >= 0.3 is 17.1 Å². The SMILES string of the molecule is CC(O)C(=O)[O-].CC(O)C(=O)[O-].O.O.[Fe+2]. The summed E-state index contributed by atoms with van der Waals surface area (Å²) in [4.78, 5) is 18.7. The largest absolute Gasteiger partial charge is 2.00 e. The van der Waals surface area contributed by atoms with Crippen molar-refractivity contribution in [3.8, 4) is 0 Å². The van der Waals surface area contributed by atoms with Crippen LogP contribution in [-0.4, -0.2) is 45.3 Å². The fourth-order valence-corrected chi connectivity index (χ4v) is 0. The van der Waals surface area contributed by atoms with Crippen molar-refractivity contribution < 1.29 is 58.0 Å². The van der Waals surface area contributed by atoms with E-state index in [0.717, 1.165) is 13.8 Å². The Balaban J connectivity index is -0.0000000370. The van der Waals surface area contributed by atoms with Crippen LogP contribution < -0.4 is 10.2 Å². The van der Waals surface area contributed by atoms with Crippen LogP contribution in [0.15, 0.2) is 0 Å². The molecular formula is C6H14FeO8. The number of aliphatic carboxylic acids is 2. The van der Waals surface area contributed by atoms with Crippen LogP contribution in [0.3, 0.4) is 0 Å². The van der Waals surface area contributed by atoms with Crippen LogP contribution in [0, 0.1) is 0 Å². The second-order valence-electron chi connectivity index (χ2n) is 1.99. The van der Waals surface area contributed by atoms with Gasteiger partial charge in [0.1, 0.15) is 0 Å². The van der Waals surface area contributed by atoms with Gasteiger partial charge in [-0.2, -0.15) is 0 Å². The maximum Gasteiger partial charge on any atom is 2.00 e. The average molecular weight is 270 g/mol. The predicted octanol–water partition coefficient (Wildman–Crippen LogP) is -5.42. The van der Waals surface area contributed by atoms with Crippen molar-refractivity contribution in [1.82, 2.24) is 0 Å². The molecule has 0 fully saturated rings. The maximum atomic E-state index is 9.34. The smallest absolute Gasteiger partial charge is 0.547 e. The number of aliphatic hydroxyl groups is 2. The van der Waals surface area contributed by atoms with Crippen molar-refractivity contribution in [3.63, 3.8) is 0 Å². The van der Waals surface area contributed by atoms with Crippen molar-refractivity contribution in [1.29, 1.82) is 0 Å². The summed E-state index contributed by atoms with van der Waals surface area (Å²) in [6.45, 7) is 2.27. The first-order valence-corrected chi connectivity index (χ1v) is 3.06. The third-order valence-corrected chi connectivity index (χ3v) is 0.682. The molecule has 0 amide bonds. The van der Waals surface area contributed by atoms with Gasteiger partial charge in [0.25, 0.3) is 0 Å². The Labute approximate surface area is 96.6 Å². The molecule has 2 atom stereocenters. The van der Waals surface area contributed by atoms with Crippen LogP contribution in [0.1, 0.15) is 13.8 Å². The number of carboxylic acids is 2. The summed E-state index contributed by atoms with van der Waals surface area (Å²) in [7, 11) is 0. The van der Waals surface area contributed by atoms with Crippen LogP contribution in [0.2, 0.25) is 0 Å². The molecule has 94 valence electrons. The number of hydrogen-bond acceptors (Lipinski definition) is 6. The molecule has 0 rings (SSSR count). The molecule has 0 aromatic heterocycles. The van der Waals surface area contributed by atoms with E-state index in [4.69, 9.17) is 10.2 Å². The maximum absolute atomic E-state index is 9.34. The van der Waals surface area contributed by atoms with Gasteiger partial charge in [-0.05, 0) is 13.8 Å². The van der Waals surface area contributed by atoms with E-state index < -0.39 is 24.1 Å². The number of rotatable bonds is 2. The van der Waals surface area contributed by atoms with Crippen LogP contribution in [-0.2, 0) is 26.7 Å². The number of hydrogen-bond donors (Lipinski definition) is 2. The van der Waals surface area contributed by atoms with Gasteiger partial charge in [0.15, 0.2) is 0 Å². The second kappa shape index (κ2) is 15.8. The first kappa shape index (κ1) is 29.2. The number of carboxylic acid groups (broad SMARTS) is 2. The van der Waals surface area contributed by atoms with Gasteiger partial charge < -0.3 is 41.0 Å². The molecule has 2 unspecified atom stereocenters. The zero-order valence-electron chi connectivity index (χ0n) is 8.04. The molecule has 15 heavy (non-hydrogen) atoms. The third-order valence-electron chi connectivity index (χ3n) is 0.682. The normalized spacial score (nSPS) is 10.9. The van der Waals surface area contributed by atoms with Crippen LogP contribution in [0.5, 0.6) is 0 Å². The Kier molecular flexibility index (Phi) is 30.7. The molecule has 9 heteroatoms. The Hall–Kier alpha value is -0.701. The van der Waals surface area contributed by atoms with Crippen LogP contribution >= 0.6 is 0 Å². The van der Waals surface area contributed by atoms with Crippen LogP contribution in [0.25, 0.3) is 0 Å². The molecule has 0 aromatic carbocycles. The van der Waals surface area contributed by atoms with Crippen molar-refractivity contribution in [2.75, 3.05) is 0 Å². The fraction of sp³-hybridized carbons (Fsp3) is 0.667. The van der Waals surface area contributed by atoms with E-state index in [1.165, 1.54) is 0 Å². The van der Waals surface area contributed by atoms with E-state index >= 15 is 0 Å². The number of aliphatic hydroxyl groups excluding tert-OH is 2. The molecule has 0 bridgehead atoms. The fourth-order valence-electron chi connectivity index (χ4n) is 0. The van der Waals surface area contributed by atoms with E-state index in [0.29, 0.717) is 0 Å². The van der Waals surface area contributed by atoms with Gasteiger partial charge in [-0.1, -0.05) is 0 Å². The summed E-state index contributed by atoms with van der Waals surface area (Å²) in [6, 6.07) is 0. The van der Waals surface area contributed by atoms with Crippen molar-refractivity contribution in [2.24, 2.45) is 0 Å². The summed E-state index contributed by atoms with van der Waals surface area (Å²) < 4.78 is 0. The van der Waals surface area contributed by atoms with Gasteiger partial charge in [-0.25, -0.2) is 0 Å². The zero-order valence-corrected chi connectivity index (χ0v) is 9.14. The van der Waals surface area contributed by atoms with E-state index in [1.54, 1.807) is 0 Å². The Morgan fingerprint density at radius 1 is 0.933 bits per heavy atom. The molecule has 0 spiro atoms. The molecule has 0 aliphatic heterocycles. The topological polar surface area (TPSA) is 184 Å². The second-order valence-corrected chi connectivity index (χ2v) is 1.99. The van der Waals surface area contributed by atoms with E-state index in [-0.39, 0.29) is 28.0 Å². The molecule has 0 aliphatic rings. The molecule has 8 nitrogen and oxygen atoms in total. The van der Waals surface area contributed by atoms with Gasteiger partial charge in [0, 0.05) is 0 Å². The van der Waals surface area contributed by atoms with Crippen molar-refractivity contribution in [3.05, 3.63) is 0 Å².